The molecule has 0 aromatic heterocycles. The van der Waals surface area contributed by atoms with Gasteiger partial charge in [-0.1, -0.05) is 26.2 Å². The summed E-state index contributed by atoms with van der Waals surface area (Å²) in [7, 11) is 0. The van der Waals surface area contributed by atoms with Crippen molar-refractivity contribution in [1.82, 2.24) is 10.2 Å². The molecule has 4 nitrogen and oxygen atoms in total. The Hall–Kier alpha value is -0.770. The Labute approximate surface area is 111 Å². The van der Waals surface area contributed by atoms with Crippen molar-refractivity contribution in [1.29, 1.82) is 0 Å². The Morgan fingerprint density at radius 1 is 1.44 bits per heavy atom. The fourth-order valence-corrected chi connectivity index (χ4v) is 2.56. The second-order valence-electron chi connectivity index (χ2n) is 5.37. The second-order valence-corrected chi connectivity index (χ2v) is 5.37. The largest absolute Gasteiger partial charge is 0.393 e. The van der Waals surface area contributed by atoms with Crippen molar-refractivity contribution in [2.24, 2.45) is 0 Å². The van der Waals surface area contributed by atoms with E-state index in [9.17, 15) is 9.90 Å². The van der Waals surface area contributed by atoms with Crippen molar-refractivity contribution in [2.45, 2.75) is 70.9 Å². The maximum absolute atomic E-state index is 12.2. The van der Waals surface area contributed by atoms with Gasteiger partial charge in [-0.2, -0.15) is 0 Å². The molecule has 0 radical (unpaired) electrons. The van der Waals surface area contributed by atoms with E-state index < -0.39 is 0 Å². The van der Waals surface area contributed by atoms with Crippen molar-refractivity contribution >= 4 is 6.03 Å². The van der Waals surface area contributed by atoms with Gasteiger partial charge in [0.2, 0.25) is 0 Å². The Bertz CT molecular complexity index is 244. The Balaban J connectivity index is 2.52. The van der Waals surface area contributed by atoms with E-state index in [0.717, 1.165) is 45.2 Å². The normalized spacial score (nSPS) is 22.4. The van der Waals surface area contributed by atoms with Gasteiger partial charge in [-0.15, -0.1) is 0 Å². The van der Waals surface area contributed by atoms with Gasteiger partial charge in [0.1, 0.15) is 0 Å². The van der Waals surface area contributed by atoms with Gasteiger partial charge in [0.05, 0.1) is 6.10 Å². The predicted molar refractivity (Wildman–Crippen MR) is 73.6 cm³/mol. The van der Waals surface area contributed by atoms with Crippen LogP contribution in [-0.4, -0.2) is 41.3 Å². The van der Waals surface area contributed by atoms with Gasteiger partial charge >= 0.3 is 6.03 Å². The van der Waals surface area contributed by atoms with E-state index in [1.807, 2.05) is 4.90 Å². The third-order valence-electron chi connectivity index (χ3n) is 3.56. The van der Waals surface area contributed by atoms with E-state index in [-0.39, 0.29) is 18.2 Å². The maximum atomic E-state index is 12.2. The smallest absolute Gasteiger partial charge is 0.317 e. The van der Waals surface area contributed by atoms with Crippen LogP contribution in [0.5, 0.6) is 0 Å². The summed E-state index contributed by atoms with van der Waals surface area (Å²) in [6, 6.07) is 0.255. The molecule has 0 aliphatic carbocycles. The number of carbonyl (C=O) groups excluding carboxylic acids is 1. The van der Waals surface area contributed by atoms with Crippen LogP contribution in [0.25, 0.3) is 0 Å². The first-order valence-electron chi connectivity index (χ1n) is 7.37. The maximum Gasteiger partial charge on any atom is 0.317 e. The quantitative estimate of drug-likeness (QED) is 0.743. The molecule has 0 aromatic carbocycles. The zero-order valence-electron chi connectivity index (χ0n) is 11.8. The summed E-state index contributed by atoms with van der Waals surface area (Å²) in [4.78, 5) is 14.1. The Morgan fingerprint density at radius 3 is 2.89 bits per heavy atom. The van der Waals surface area contributed by atoms with Gasteiger partial charge in [0, 0.05) is 19.1 Å². The van der Waals surface area contributed by atoms with E-state index in [4.69, 9.17) is 0 Å². The third kappa shape index (κ3) is 5.25. The highest BCUT2D eigenvalue weighted by molar-refractivity contribution is 5.74. The lowest BCUT2D eigenvalue weighted by atomic mass is 10.0. The minimum Gasteiger partial charge on any atom is -0.393 e. The fraction of sp³-hybridized carbons (Fsp3) is 0.929. The van der Waals surface area contributed by atoms with E-state index in [1.165, 1.54) is 6.42 Å². The molecular weight excluding hydrogens is 228 g/mol. The lowest BCUT2D eigenvalue weighted by Gasteiger charge is -2.31. The summed E-state index contributed by atoms with van der Waals surface area (Å²) < 4.78 is 0. The number of aliphatic hydroxyl groups excluding tert-OH is 1. The number of hydrogen-bond acceptors (Lipinski definition) is 2. The molecule has 0 saturated carbocycles. The first kappa shape index (κ1) is 15.3. The molecule has 18 heavy (non-hydrogen) atoms. The summed E-state index contributed by atoms with van der Waals surface area (Å²) in [6.45, 7) is 5.51. The summed E-state index contributed by atoms with van der Waals surface area (Å²) in [5.74, 6) is 0. The summed E-state index contributed by atoms with van der Waals surface area (Å²) in [5.41, 5.74) is 0. The van der Waals surface area contributed by atoms with Crippen molar-refractivity contribution in [2.75, 3.05) is 13.1 Å². The van der Waals surface area contributed by atoms with Crippen LogP contribution in [0.4, 0.5) is 4.79 Å². The van der Waals surface area contributed by atoms with E-state index in [0.29, 0.717) is 6.42 Å². The molecule has 4 heteroatoms. The van der Waals surface area contributed by atoms with Crippen molar-refractivity contribution < 1.29 is 9.90 Å². The molecule has 2 N–H and O–H groups in total. The number of rotatable bonds is 5. The molecule has 1 aliphatic rings. The monoisotopic (exact) mass is 256 g/mol. The van der Waals surface area contributed by atoms with Crippen LogP contribution in [0.2, 0.25) is 0 Å². The summed E-state index contributed by atoms with van der Waals surface area (Å²) in [6.07, 6.45) is 6.94. The molecule has 1 fully saturated rings. The minimum atomic E-state index is -0.334. The topological polar surface area (TPSA) is 52.6 Å². The molecule has 0 spiro atoms. The lowest BCUT2D eigenvalue weighted by molar-refractivity contribution is 0.122. The number of nitrogens with zero attached hydrogens (tertiary/aromatic N) is 1. The zero-order chi connectivity index (χ0) is 13.4. The van der Waals surface area contributed by atoms with Gasteiger partial charge in [-0.05, 0) is 32.6 Å². The SMILES string of the molecule is CCCCNC(=O)N1CCCCCC1CC(C)O. The van der Waals surface area contributed by atoms with Crippen LogP contribution in [-0.2, 0) is 0 Å². The third-order valence-corrected chi connectivity index (χ3v) is 3.56. The summed E-state index contributed by atoms with van der Waals surface area (Å²) in [5, 5.41) is 12.5. The molecule has 1 rings (SSSR count). The average molecular weight is 256 g/mol. The highest BCUT2D eigenvalue weighted by Gasteiger charge is 2.25. The molecule has 2 unspecified atom stereocenters. The van der Waals surface area contributed by atoms with Crippen LogP contribution < -0.4 is 5.32 Å². The number of likely N-dealkylation sites (tertiary alicyclic amines) is 1. The predicted octanol–water partition coefficient (Wildman–Crippen LogP) is 2.51. The highest BCUT2D eigenvalue weighted by atomic mass is 16.3. The highest BCUT2D eigenvalue weighted by Crippen LogP contribution is 2.20. The fourth-order valence-electron chi connectivity index (χ4n) is 2.56. The minimum absolute atomic E-state index is 0.0519. The standard InChI is InChI=1S/C14H28N2O2/c1-3-4-9-15-14(18)16-10-7-5-6-8-13(16)11-12(2)17/h12-13,17H,3-11H2,1-2H3,(H,15,18). The zero-order valence-corrected chi connectivity index (χ0v) is 11.8. The van der Waals surface area contributed by atoms with Crippen LogP contribution in [0.15, 0.2) is 0 Å². The van der Waals surface area contributed by atoms with Crippen LogP contribution in [0, 0.1) is 0 Å². The summed E-state index contributed by atoms with van der Waals surface area (Å²) >= 11 is 0. The molecule has 0 bridgehead atoms. The van der Waals surface area contributed by atoms with Gasteiger partial charge < -0.3 is 15.3 Å². The van der Waals surface area contributed by atoms with Crippen LogP contribution in [0.1, 0.15) is 58.8 Å². The number of urea groups is 1. The molecule has 2 amide bonds. The van der Waals surface area contributed by atoms with Crippen molar-refractivity contribution in [3.8, 4) is 0 Å². The van der Waals surface area contributed by atoms with Gasteiger partial charge in [0.15, 0.2) is 0 Å². The van der Waals surface area contributed by atoms with Gasteiger partial charge in [-0.3, -0.25) is 0 Å². The van der Waals surface area contributed by atoms with Crippen molar-refractivity contribution in [3.63, 3.8) is 0 Å². The Morgan fingerprint density at radius 2 is 2.22 bits per heavy atom. The van der Waals surface area contributed by atoms with E-state index in [1.54, 1.807) is 6.92 Å². The number of unbranched alkanes of at least 4 members (excludes halogenated alkanes) is 1. The van der Waals surface area contributed by atoms with E-state index >= 15 is 0 Å². The first-order chi connectivity index (χ1) is 8.65. The molecule has 2 atom stereocenters. The van der Waals surface area contributed by atoms with E-state index in [2.05, 4.69) is 12.2 Å². The van der Waals surface area contributed by atoms with Gasteiger partial charge in [0.25, 0.3) is 0 Å². The van der Waals surface area contributed by atoms with Crippen LogP contribution >= 0.6 is 0 Å². The first-order valence-corrected chi connectivity index (χ1v) is 7.37. The lowest BCUT2D eigenvalue weighted by Crippen LogP contribution is -2.47. The number of carbonyl (C=O) groups is 1. The Kier molecular flexibility index (Phi) is 7.09. The van der Waals surface area contributed by atoms with Gasteiger partial charge in [-0.25, -0.2) is 4.79 Å². The molecule has 1 aliphatic heterocycles. The number of nitrogens with one attached hydrogen (secondary N) is 1. The molecule has 106 valence electrons. The number of amides is 2. The van der Waals surface area contributed by atoms with Crippen molar-refractivity contribution in [3.05, 3.63) is 0 Å². The second kappa shape index (κ2) is 8.35. The molecular formula is C14H28N2O2. The molecule has 1 saturated heterocycles. The number of aliphatic hydroxyl groups is 1. The molecule has 1 heterocycles. The van der Waals surface area contributed by atoms with Crippen LogP contribution in [0.3, 0.4) is 0 Å². The number of hydrogen-bond donors (Lipinski definition) is 2. The average Bonchev–Trinajstić information content (AvgIpc) is 2.54. The molecule has 0 aromatic rings.